The molecule has 1 aromatic rings. The summed E-state index contributed by atoms with van der Waals surface area (Å²) in [6.07, 6.45) is 6.55. The van der Waals surface area contributed by atoms with Crippen molar-refractivity contribution in [1.29, 1.82) is 0 Å². The molecule has 2 unspecified atom stereocenters. The van der Waals surface area contributed by atoms with Crippen LogP contribution in [0.15, 0.2) is 30.3 Å². The smallest absolute Gasteiger partial charge is 0.0478 e. The van der Waals surface area contributed by atoms with Gasteiger partial charge in [0.05, 0.1) is 0 Å². The van der Waals surface area contributed by atoms with E-state index < -0.39 is 0 Å². The van der Waals surface area contributed by atoms with E-state index in [-0.39, 0.29) is 0 Å². The highest BCUT2D eigenvalue weighted by Crippen LogP contribution is 2.26. The fourth-order valence-corrected chi connectivity index (χ4v) is 3.39. The zero-order valence-electron chi connectivity index (χ0n) is 13.1. The van der Waals surface area contributed by atoms with E-state index in [2.05, 4.69) is 54.4 Å². The average Bonchev–Trinajstić information content (AvgIpc) is 2.53. The van der Waals surface area contributed by atoms with Crippen molar-refractivity contribution in [2.75, 3.05) is 19.6 Å². The Morgan fingerprint density at radius 1 is 1.05 bits per heavy atom. The summed E-state index contributed by atoms with van der Waals surface area (Å²) < 4.78 is 0. The van der Waals surface area contributed by atoms with Crippen molar-refractivity contribution < 1.29 is 0 Å². The first kappa shape index (κ1) is 15.5. The Kier molecular flexibility index (Phi) is 6.55. The lowest BCUT2D eigenvalue weighted by Crippen LogP contribution is -2.46. The van der Waals surface area contributed by atoms with E-state index in [9.17, 15) is 0 Å². The summed E-state index contributed by atoms with van der Waals surface area (Å²) >= 11 is 0. The van der Waals surface area contributed by atoms with Crippen LogP contribution in [-0.4, -0.2) is 30.6 Å². The van der Waals surface area contributed by atoms with Gasteiger partial charge in [0.25, 0.3) is 0 Å². The van der Waals surface area contributed by atoms with Gasteiger partial charge in [-0.15, -0.1) is 0 Å². The Labute approximate surface area is 124 Å². The largest absolute Gasteiger partial charge is 0.309 e. The van der Waals surface area contributed by atoms with E-state index in [0.717, 1.165) is 6.54 Å². The summed E-state index contributed by atoms with van der Waals surface area (Å²) in [6.45, 7) is 8.23. The predicted octanol–water partition coefficient (Wildman–Crippen LogP) is 3.99. The number of nitrogens with zero attached hydrogens (tertiary/aromatic N) is 1. The molecule has 0 aromatic heterocycles. The van der Waals surface area contributed by atoms with Gasteiger partial charge >= 0.3 is 0 Å². The molecule has 1 saturated heterocycles. The van der Waals surface area contributed by atoms with Crippen LogP contribution in [0, 0.1) is 0 Å². The van der Waals surface area contributed by atoms with Gasteiger partial charge in [-0.3, -0.25) is 4.90 Å². The minimum absolute atomic E-state index is 0.472. The number of likely N-dealkylation sites (tertiary alicyclic amines) is 1. The Balaban J connectivity index is 2.14. The van der Waals surface area contributed by atoms with Gasteiger partial charge in [-0.25, -0.2) is 0 Å². The Morgan fingerprint density at radius 2 is 1.75 bits per heavy atom. The van der Waals surface area contributed by atoms with E-state index in [1.54, 1.807) is 0 Å². The number of rotatable bonds is 7. The summed E-state index contributed by atoms with van der Waals surface area (Å²) in [5.74, 6) is 0. The Morgan fingerprint density at radius 3 is 2.35 bits per heavy atom. The van der Waals surface area contributed by atoms with Crippen LogP contribution < -0.4 is 5.32 Å². The van der Waals surface area contributed by atoms with Crippen LogP contribution >= 0.6 is 0 Å². The molecule has 1 fully saturated rings. The minimum atomic E-state index is 0.472. The van der Waals surface area contributed by atoms with Crippen molar-refractivity contribution in [3.63, 3.8) is 0 Å². The van der Waals surface area contributed by atoms with Crippen LogP contribution in [0.2, 0.25) is 0 Å². The van der Waals surface area contributed by atoms with Gasteiger partial charge in [0.2, 0.25) is 0 Å². The van der Waals surface area contributed by atoms with E-state index in [4.69, 9.17) is 0 Å². The quantitative estimate of drug-likeness (QED) is 0.808. The fourth-order valence-electron chi connectivity index (χ4n) is 3.39. The fraction of sp³-hybridized carbons (Fsp3) is 0.667. The molecular formula is C18H30N2. The summed E-state index contributed by atoms with van der Waals surface area (Å²) in [5.41, 5.74) is 1.44. The second-order valence-electron chi connectivity index (χ2n) is 5.91. The molecule has 1 N–H and O–H groups in total. The first-order valence-electron chi connectivity index (χ1n) is 8.39. The van der Waals surface area contributed by atoms with E-state index in [1.807, 2.05) is 0 Å². The standard InChI is InChI=1S/C18H30N2/c1-3-13-19-18(16-11-7-5-8-12-16)17(4-2)20-14-9-6-10-15-20/h5,7-8,11-12,17-19H,3-4,6,9-10,13-15H2,1-2H3. The van der Waals surface area contributed by atoms with Crippen LogP contribution in [0.3, 0.4) is 0 Å². The van der Waals surface area contributed by atoms with E-state index in [0.29, 0.717) is 12.1 Å². The number of hydrogen-bond donors (Lipinski definition) is 1. The first-order chi connectivity index (χ1) is 9.86. The molecule has 2 heteroatoms. The van der Waals surface area contributed by atoms with E-state index in [1.165, 1.54) is 50.8 Å². The van der Waals surface area contributed by atoms with Crippen LogP contribution in [0.4, 0.5) is 0 Å². The highest BCUT2D eigenvalue weighted by molar-refractivity contribution is 5.20. The number of hydrogen-bond acceptors (Lipinski definition) is 2. The minimum Gasteiger partial charge on any atom is -0.309 e. The first-order valence-corrected chi connectivity index (χ1v) is 8.39. The molecule has 0 spiro atoms. The van der Waals surface area contributed by atoms with Gasteiger partial charge in [0, 0.05) is 12.1 Å². The molecular weight excluding hydrogens is 244 g/mol. The second kappa shape index (κ2) is 8.43. The molecule has 2 atom stereocenters. The number of piperidine rings is 1. The van der Waals surface area contributed by atoms with Crippen LogP contribution in [0.25, 0.3) is 0 Å². The van der Waals surface area contributed by atoms with Crippen LogP contribution in [0.1, 0.15) is 57.6 Å². The maximum Gasteiger partial charge on any atom is 0.0478 e. The molecule has 1 heterocycles. The SMILES string of the molecule is CCCNC(c1ccccc1)C(CC)N1CCCCC1. The van der Waals surface area contributed by atoms with Crippen molar-refractivity contribution in [1.82, 2.24) is 10.2 Å². The normalized spacial score (nSPS) is 19.7. The van der Waals surface area contributed by atoms with Gasteiger partial charge in [-0.1, -0.05) is 50.6 Å². The summed E-state index contributed by atoms with van der Waals surface area (Å²) in [4.78, 5) is 2.71. The third-order valence-electron chi connectivity index (χ3n) is 4.44. The third kappa shape index (κ3) is 4.07. The monoisotopic (exact) mass is 274 g/mol. The zero-order chi connectivity index (χ0) is 14.2. The second-order valence-corrected chi connectivity index (χ2v) is 5.91. The molecule has 0 saturated carbocycles. The van der Waals surface area contributed by atoms with Crippen molar-refractivity contribution in [2.45, 2.75) is 58.0 Å². The van der Waals surface area contributed by atoms with Gasteiger partial charge in [-0.05, 0) is 50.9 Å². The predicted molar refractivity (Wildman–Crippen MR) is 87.0 cm³/mol. The molecule has 2 rings (SSSR count). The number of nitrogens with one attached hydrogen (secondary N) is 1. The molecule has 0 amide bonds. The van der Waals surface area contributed by atoms with Crippen molar-refractivity contribution >= 4 is 0 Å². The summed E-state index contributed by atoms with van der Waals surface area (Å²) in [5, 5.41) is 3.79. The lowest BCUT2D eigenvalue weighted by Gasteiger charge is -2.39. The highest BCUT2D eigenvalue weighted by atomic mass is 15.2. The topological polar surface area (TPSA) is 15.3 Å². The molecule has 20 heavy (non-hydrogen) atoms. The molecule has 0 bridgehead atoms. The maximum absolute atomic E-state index is 3.79. The zero-order valence-corrected chi connectivity index (χ0v) is 13.1. The molecule has 2 nitrogen and oxygen atoms in total. The Bertz CT molecular complexity index is 357. The van der Waals surface area contributed by atoms with E-state index >= 15 is 0 Å². The van der Waals surface area contributed by atoms with Crippen molar-refractivity contribution in [2.24, 2.45) is 0 Å². The van der Waals surface area contributed by atoms with Gasteiger partial charge in [0.15, 0.2) is 0 Å². The summed E-state index contributed by atoms with van der Waals surface area (Å²) in [6, 6.07) is 12.1. The van der Waals surface area contributed by atoms with Crippen molar-refractivity contribution in [3.8, 4) is 0 Å². The summed E-state index contributed by atoms with van der Waals surface area (Å²) in [7, 11) is 0. The average molecular weight is 274 g/mol. The third-order valence-corrected chi connectivity index (χ3v) is 4.44. The molecule has 0 radical (unpaired) electrons. The van der Waals surface area contributed by atoms with Gasteiger partial charge < -0.3 is 5.32 Å². The van der Waals surface area contributed by atoms with Crippen LogP contribution in [0.5, 0.6) is 0 Å². The molecule has 0 aliphatic carbocycles. The van der Waals surface area contributed by atoms with Gasteiger partial charge in [-0.2, -0.15) is 0 Å². The van der Waals surface area contributed by atoms with Crippen molar-refractivity contribution in [3.05, 3.63) is 35.9 Å². The lowest BCUT2D eigenvalue weighted by molar-refractivity contribution is 0.126. The molecule has 112 valence electrons. The lowest BCUT2D eigenvalue weighted by atomic mass is 9.94. The van der Waals surface area contributed by atoms with Gasteiger partial charge in [0.1, 0.15) is 0 Å². The Hall–Kier alpha value is -0.860. The van der Waals surface area contributed by atoms with Crippen LogP contribution in [-0.2, 0) is 0 Å². The highest BCUT2D eigenvalue weighted by Gasteiger charge is 2.27. The molecule has 1 aliphatic heterocycles. The maximum atomic E-state index is 3.79. The molecule has 1 aromatic carbocycles. The number of benzene rings is 1. The molecule has 1 aliphatic rings.